The maximum atomic E-state index is 11.4. The van der Waals surface area contributed by atoms with Crippen molar-refractivity contribution < 1.29 is 4.79 Å². The molecule has 88 valence electrons. The highest BCUT2D eigenvalue weighted by molar-refractivity contribution is 5.76. The fourth-order valence-corrected chi connectivity index (χ4v) is 2.57. The molecule has 1 aliphatic rings. The van der Waals surface area contributed by atoms with E-state index < -0.39 is 0 Å². The monoisotopic (exact) mass is 212 g/mol. The van der Waals surface area contributed by atoms with Gasteiger partial charge in [0.25, 0.3) is 0 Å². The summed E-state index contributed by atoms with van der Waals surface area (Å²) in [5, 5.41) is 3.09. The summed E-state index contributed by atoms with van der Waals surface area (Å²) in [6.07, 6.45) is 3.95. The molecule has 0 radical (unpaired) electrons. The van der Waals surface area contributed by atoms with Crippen LogP contribution in [0.3, 0.4) is 0 Å². The summed E-state index contributed by atoms with van der Waals surface area (Å²) in [6.45, 7) is 7.29. The lowest BCUT2D eigenvalue weighted by molar-refractivity contribution is -0.122. The maximum Gasteiger partial charge on any atom is 0.221 e. The Balaban J connectivity index is 2.41. The van der Waals surface area contributed by atoms with Gasteiger partial charge in [0.05, 0.1) is 0 Å². The van der Waals surface area contributed by atoms with E-state index in [1.165, 1.54) is 12.8 Å². The number of carbonyl (C=O) groups is 1. The van der Waals surface area contributed by atoms with Gasteiger partial charge in [-0.25, -0.2) is 0 Å². The Morgan fingerprint density at radius 1 is 1.53 bits per heavy atom. The molecule has 0 aromatic heterocycles. The molecule has 0 heterocycles. The molecule has 0 aliphatic heterocycles. The van der Waals surface area contributed by atoms with E-state index >= 15 is 0 Å². The van der Waals surface area contributed by atoms with Crippen LogP contribution in [0.15, 0.2) is 0 Å². The topological polar surface area (TPSA) is 55.1 Å². The minimum Gasteiger partial charge on any atom is -0.353 e. The fourth-order valence-electron chi connectivity index (χ4n) is 2.57. The third-order valence-corrected chi connectivity index (χ3v) is 3.41. The first-order valence-electron chi connectivity index (χ1n) is 5.94. The maximum absolute atomic E-state index is 11.4. The predicted molar refractivity (Wildman–Crippen MR) is 62.4 cm³/mol. The first-order chi connectivity index (χ1) is 6.94. The van der Waals surface area contributed by atoms with Gasteiger partial charge in [-0.1, -0.05) is 20.8 Å². The largest absolute Gasteiger partial charge is 0.353 e. The molecule has 1 amide bonds. The SMILES string of the molecule is C[C@H]1CC(C)(C)CC[C@H]1NC(=O)CCN. The number of nitrogens with two attached hydrogens (primary N) is 1. The van der Waals surface area contributed by atoms with Crippen molar-refractivity contribution in [3.8, 4) is 0 Å². The standard InChI is InChI=1S/C12H24N2O/c1-9-8-12(2,3)6-4-10(9)14-11(15)5-7-13/h9-10H,4-8,13H2,1-3H3,(H,14,15)/t9-,10+/m0/s1. The van der Waals surface area contributed by atoms with E-state index in [4.69, 9.17) is 5.73 Å². The van der Waals surface area contributed by atoms with Crippen LogP contribution in [-0.4, -0.2) is 18.5 Å². The summed E-state index contributed by atoms with van der Waals surface area (Å²) in [5.41, 5.74) is 5.79. The number of carbonyl (C=O) groups excluding carboxylic acids is 1. The molecule has 3 heteroatoms. The Labute approximate surface area is 92.8 Å². The van der Waals surface area contributed by atoms with Crippen molar-refractivity contribution in [1.29, 1.82) is 0 Å². The van der Waals surface area contributed by atoms with Gasteiger partial charge in [-0.15, -0.1) is 0 Å². The molecule has 0 spiro atoms. The molecule has 2 atom stereocenters. The van der Waals surface area contributed by atoms with Crippen LogP contribution in [0.25, 0.3) is 0 Å². The van der Waals surface area contributed by atoms with E-state index in [-0.39, 0.29) is 5.91 Å². The van der Waals surface area contributed by atoms with Crippen molar-refractivity contribution in [2.75, 3.05) is 6.54 Å². The molecule has 1 rings (SSSR count). The van der Waals surface area contributed by atoms with Gasteiger partial charge in [0.2, 0.25) is 5.91 Å². The van der Waals surface area contributed by atoms with E-state index in [1.54, 1.807) is 0 Å². The molecular weight excluding hydrogens is 188 g/mol. The van der Waals surface area contributed by atoms with Crippen molar-refractivity contribution in [3.05, 3.63) is 0 Å². The average molecular weight is 212 g/mol. The summed E-state index contributed by atoms with van der Waals surface area (Å²) in [6, 6.07) is 0.358. The van der Waals surface area contributed by atoms with Gasteiger partial charge in [0, 0.05) is 19.0 Å². The molecule has 0 saturated heterocycles. The molecule has 15 heavy (non-hydrogen) atoms. The third kappa shape index (κ3) is 3.82. The second kappa shape index (κ2) is 4.97. The smallest absolute Gasteiger partial charge is 0.221 e. The number of hydrogen-bond acceptors (Lipinski definition) is 2. The van der Waals surface area contributed by atoms with E-state index in [1.807, 2.05) is 0 Å². The molecule has 0 unspecified atom stereocenters. The Morgan fingerprint density at radius 2 is 2.20 bits per heavy atom. The minimum atomic E-state index is 0.106. The van der Waals surface area contributed by atoms with Crippen molar-refractivity contribution in [2.24, 2.45) is 17.1 Å². The van der Waals surface area contributed by atoms with Crippen LogP contribution in [0.4, 0.5) is 0 Å². The first kappa shape index (κ1) is 12.5. The van der Waals surface area contributed by atoms with E-state index in [0.29, 0.717) is 30.3 Å². The van der Waals surface area contributed by atoms with Crippen molar-refractivity contribution in [3.63, 3.8) is 0 Å². The summed E-state index contributed by atoms with van der Waals surface area (Å²) in [4.78, 5) is 11.4. The summed E-state index contributed by atoms with van der Waals surface area (Å²) in [7, 11) is 0. The highest BCUT2D eigenvalue weighted by atomic mass is 16.1. The number of hydrogen-bond donors (Lipinski definition) is 2. The zero-order valence-corrected chi connectivity index (χ0v) is 10.2. The molecule has 0 bridgehead atoms. The van der Waals surface area contributed by atoms with Crippen LogP contribution in [0.5, 0.6) is 0 Å². The van der Waals surface area contributed by atoms with Crippen LogP contribution in [-0.2, 0) is 4.79 Å². The molecule has 3 N–H and O–H groups in total. The zero-order chi connectivity index (χ0) is 11.5. The Hall–Kier alpha value is -0.570. The lowest BCUT2D eigenvalue weighted by Gasteiger charge is -2.39. The van der Waals surface area contributed by atoms with Crippen LogP contribution in [0.2, 0.25) is 0 Å². The second-order valence-electron chi connectivity index (χ2n) is 5.60. The fraction of sp³-hybridized carbons (Fsp3) is 0.917. The normalized spacial score (nSPS) is 29.9. The van der Waals surface area contributed by atoms with Crippen molar-refractivity contribution in [1.82, 2.24) is 5.32 Å². The Bertz CT molecular complexity index is 226. The quantitative estimate of drug-likeness (QED) is 0.747. The van der Waals surface area contributed by atoms with Crippen LogP contribution < -0.4 is 11.1 Å². The van der Waals surface area contributed by atoms with E-state index in [0.717, 1.165) is 6.42 Å². The van der Waals surface area contributed by atoms with E-state index in [9.17, 15) is 4.79 Å². The lowest BCUT2D eigenvalue weighted by Crippen LogP contribution is -2.44. The summed E-state index contributed by atoms with van der Waals surface area (Å²) in [5.74, 6) is 0.685. The lowest BCUT2D eigenvalue weighted by atomic mass is 9.70. The van der Waals surface area contributed by atoms with Gasteiger partial charge >= 0.3 is 0 Å². The molecule has 1 fully saturated rings. The highest BCUT2D eigenvalue weighted by Crippen LogP contribution is 2.38. The first-order valence-corrected chi connectivity index (χ1v) is 5.94. The third-order valence-electron chi connectivity index (χ3n) is 3.41. The molecule has 0 aromatic rings. The van der Waals surface area contributed by atoms with Crippen LogP contribution in [0, 0.1) is 11.3 Å². The van der Waals surface area contributed by atoms with E-state index in [2.05, 4.69) is 26.1 Å². The van der Waals surface area contributed by atoms with Crippen molar-refractivity contribution >= 4 is 5.91 Å². The molecule has 1 aliphatic carbocycles. The average Bonchev–Trinajstić information content (AvgIpc) is 2.10. The molecular formula is C12H24N2O. The summed E-state index contributed by atoms with van der Waals surface area (Å²) >= 11 is 0. The predicted octanol–water partition coefficient (Wildman–Crippen LogP) is 1.67. The van der Waals surface area contributed by atoms with Gasteiger partial charge in [0.1, 0.15) is 0 Å². The number of rotatable bonds is 3. The second-order valence-corrected chi connectivity index (χ2v) is 5.60. The summed E-state index contributed by atoms with van der Waals surface area (Å²) < 4.78 is 0. The Kier molecular flexibility index (Phi) is 4.14. The van der Waals surface area contributed by atoms with Crippen molar-refractivity contribution in [2.45, 2.75) is 52.5 Å². The van der Waals surface area contributed by atoms with Gasteiger partial charge in [0.15, 0.2) is 0 Å². The molecule has 3 nitrogen and oxygen atoms in total. The Morgan fingerprint density at radius 3 is 2.73 bits per heavy atom. The zero-order valence-electron chi connectivity index (χ0n) is 10.2. The highest BCUT2D eigenvalue weighted by Gasteiger charge is 2.32. The molecule has 1 saturated carbocycles. The number of nitrogens with one attached hydrogen (secondary N) is 1. The van der Waals surface area contributed by atoms with Gasteiger partial charge in [-0.2, -0.15) is 0 Å². The van der Waals surface area contributed by atoms with Gasteiger partial charge < -0.3 is 11.1 Å². The number of amides is 1. The van der Waals surface area contributed by atoms with Gasteiger partial charge in [-0.05, 0) is 30.6 Å². The van der Waals surface area contributed by atoms with Gasteiger partial charge in [-0.3, -0.25) is 4.79 Å². The van der Waals surface area contributed by atoms with Crippen LogP contribution in [0.1, 0.15) is 46.5 Å². The van der Waals surface area contributed by atoms with Crippen LogP contribution >= 0.6 is 0 Å². The minimum absolute atomic E-state index is 0.106. The molecule has 0 aromatic carbocycles.